The molecule has 3 aromatic rings. The Morgan fingerprint density at radius 3 is 2.96 bits per heavy atom. The molecule has 134 valence electrons. The van der Waals surface area contributed by atoms with Crippen molar-refractivity contribution in [3.05, 3.63) is 69.4 Å². The van der Waals surface area contributed by atoms with Crippen LogP contribution >= 0.6 is 11.3 Å². The molecular weight excluding hydrogens is 344 g/mol. The van der Waals surface area contributed by atoms with Crippen LogP contribution in [0.3, 0.4) is 0 Å². The standard InChI is InChI=1S/C20H22N4OS/c1-14-12-17(22-23(14)2)20(25)24(13-19-21-10-11-26-19)18-9-5-7-15-6-3-4-8-16(15)18/h3-4,6,8,10-12,18H,5,7,9,13H2,1-2H3/t18-/m1/s1. The Kier molecular flexibility index (Phi) is 4.59. The minimum Gasteiger partial charge on any atom is -0.323 e. The zero-order chi connectivity index (χ0) is 18.1. The van der Waals surface area contributed by atoms with Crippen LogP contribution in [0.15, 0.2) is 41.9 Å². The second-order valence-electron chi connectivity index (χ2n) is 6.76. The summed E-state index contributed by atoms with van der Waals surface area (Å²) in [7, 11) is 1.87. The van der Waals surface area contributed by atoms with Gasteiger partial charge < -0.3 is 4.90 Å². The molecular formula is C20H22N4OS. The van der Waals surface area contributed by atoms with Crippen molar-refractivity contribution in [1.29, 1.82) is 0 Å². The van der Waals surface area contributed by atoms with Gasteiger partial charge in [-0.25, -0.2) is 4.98 Å². The number of carbonyl (C=O) groups is 1. The number of rotatable bonds is 4. The van der Waals surface area contributed by atoms with Gasteiger partial charge >= 0.3 is 0 Å². The van der Waals surface area contributed by atoms with Gasteiger partial charge in [-0.1, -0.05) is 24.3 Å². The fraction of sp³-hybridized carbons (Fsp3) is 0.350. The van der Waals surface area contributed by atoms with Crippen LogP contribution < -0.4 is 0 Å². The summed E-state index contributed by atoms with van der Waals surface area (Å²) in [6.07, 6.45) is 4.93. The van der Waals surface area contributed by atoms with Crippen LogP contribution in [0, 0.1) is 6.92 Å². The lowest BCUT2D eigenvalue weighted by Crippen LogP contribution is -2.36. The average molecular weight is 366 g/mol. The van der Waals surface area contributed by atoms with Crippen molar-refractivity contribution in [2.24, 2.45) is 7.05 Å². The monoisotopic (exact) mass is 366 g/mol. The molecule has 0 spiro atoms. The summed E-state index contributed by atoms with van der Waals surface area (Å²) in [5.41, 5.74) is 4.09. The highest BCUT2D eigenvalue weighted by Crippen LogP contribution is 2.36. The maximum atomic E-state index is 13.4. The quantitative estimate of drug-likeness (QED) is 0.703. The zero-order valence-electron chi connectivity index (χ0n) is 15.1. The van der Waals surface area contributed by atoms with Crippen LogP contribution in [0.1, 0.15) is 51.2 Å². The Hall–Kier alpha value is -2.47. The molecule has 2 aromatic heterocycles. The first-order valence-electron chi connectivity index (χ1n) is 8.91. The zero-order valence-corrected chi connectivity index (χ0v) is 15.9. The number of benzene rings is 1. The van der Waals surface area contributed by atoms with Gasteiger partial charge in [-0.05, 0) is 43.4 Å². The van der Waals surface area contributed by atoms with E-state index in [1.54, 1.807) is 22.2 Å². The number of thiazole rings is 1. The molecule has 0 N–H and O–H groups in total. The molecule has 5 nitrogen and oxygen atoms in total. The first-order chi connectivity index (χ1) is 12.6. The molecule has 1 amide bonds. The third-order valence-electron chi connectivity index (χ3n) is 5.10. The van der Waals surface area contributed by atoms with E-state index in [1.165, 1.54) is 11.1 Å². The molecule has 2 heterocycles. The molecule has 26 heavy (non-hydrogen) atoms. The molecule has 0 saturated heterocycles. The lowest BCUT2D eigenvalue weighted by atomic mass is 9.86. The SMILES string of the molecule is Cc1cc(C(=O)N(Cc2nccs2)[C@@H]2CCCc3ccccc32)nn1C. The summed E-state index contributed by atoms with van der Waals surface area (Å²) >= 11 is 1.59. The van der Waals surface area contributed by atoms with Gasteiger partial charge in [0.25, 0.3) is 5.91 Å². The van der Waals surface area contributed by atoms with Crippen LogP contribution in [0.5, 0.6) is 0 Å². The van der Waals surface area contributed by atoms with Crippen molar-refractivity contribution in [1.82, 2.24) is 19.7 Å². The van der Waals surface area contributed by atoms with E-state index in [4.69, 9.17) is 0 Å². The van der Waals surface area contributed by atoms with Crippen molar-refractivity contribution in [3.8, 4) is 0 Å². The van der Waals surface area contributed by atoms with Crippen LogP contribution in [-0.2, 0) is 20.0 Å². The number of aryl methyl sites for hydroxylation is 3. The van der Waals surface area contributed by atoms with Crippen LogP contribution in [0.25, 0.3) is 0 Å². The second-order valence-corrected chi connectivity index (χ2v) is 7.74. The number of aromatic nitrogens is 3. The van der Waals surface area contributed by atoms with Crippen molar-refractivity contribution >= 4 is 17.2 Å². The van der Waals surface area contributed by atoms with Crippen molar-refractivity contribution in [2.75, 3.05) is 0 Å². The maximum Gasteiger partial charge on any atom is 0.275 e. The largest absolute Gasteiger partial charge is 0.323 e. The number of amides is 1. The summed E-state index contributed by atoms with van der Waals surface area (Å²) in [4.78, 5) is 19.7. The van der Waals surface area contributed by atoms with E-state index in [1.807, 2.05) is 30.3 Å². The second kappa shape index (κ2) is 7.03. The van der Waals surface area contributed by atoms with E-state index in [0.717, 1.165) is 30.0 Å². The summed E-state index contributed by atoms with van der Waals surface area (Å²) in [5.74, 6) is -0.0226. The van der Waals surface area contributed by atoms with Crippen LogP contribution in [0.2, 0.25) is 0 Å². The fourth-order valence-corrected chi connectivity index (χ4v) is 4.28. The predicted molar refractivity (Wildman–Crippen MR) is 102 cm³/mol. The van der Waals surface area contributed by atoms with Crippen molar-refractivity contribution in [3.63, 3.8) is 0 Å². The third-order valence-corrected chi connectivity index (χ3v) is 5.86. The van der Waals surface area contributed by atoms with Gasteiger partial charge in [0.05, 0.1) is 12.6 Å². The normalized spacial score (nSPS) is 16.3. The molecule has 1 aliphatic carbocycles. The Morgan fingerprint density at radius 2 is 2.23 bits per heavy atom. The van der Waals surface area contributed by atoms with E-state index >= 15 is 0 Å². The molecule has 1 aliphatic rings. The highest BCUT2D eigenvalue weighted by molar-refractivity contribution is 7.09. The number of hydrogen-bond donors (Lipinski definition) is 0. The van der Waals surface area contributed by atoms with Gasteiger partial charge in [0.1, 0.15) is 5.01 Å². The van der Waals surface area contributed by atoms with Gasteiger partial charge in [0.15, 0.2) is 5.69 Å². The Bertz CT molecular complexity index is 896. The minimum absolute atomic E-state index is 0.0226. The van der Waals surface area contributed by atoms with Gasteiger partial charge in [-0.15, -0.1) is 11.3 Å². The first-order valence-corrected chi connectivity index (χ1v) is 9.79. The molecule has 0 saturated carbocycles. The average Bonchev–Trinajstić information content (AvgIpc) is 3.29. The van der Waals surface area contributed by atoms with Crippen molar-refractivity contribution in [2.45, 2.75) is 38.8 Å². The lowest BCUT2D eigenvalue weighted by Gasteiger charge is -2.35. The fourth-order valence-electron chi connectivity index (χ4n) is 3.66. The van der Waals surface area contributed by atoms with E-state index in [0.29, 0.717) is 12.2 Å². The number of carbonyl (C=O) groups excluding carboxylic acids is 1. The van der Waals surface area contributed by atoms with E-state index < -0.39 is 0 Å². The minimum atomic E-state index is -0.0226. The summed E-state index contributed by atoms with van der Waals surface area (Å²) in [5, 5.41) is 7.33. The van der Waals surface area contributed by atoms with Crippen LogP contribution in [-0.4, -0.2) is 25.6 Å². The van der Waals surface area contributed by atoms with Crippen molar-refractivity contribution < 1.29 is 4.79 Å². The first kappa shape index (κ1) is 17.0. The smallest absolute Gasteiger partial charge is 0.275 e. The molecule has 6 heteroatoms. The third kappa shape index (κ3) is 3.17. The topological polar surface area (TPSA) is 51.0 Å². The molecule has 0 bridgehead atoms. The van der Waals surface area contributed by atoms with Gasteiger partial charge in [-0.2, -0.15) is 5.10 Å². The van der Waals surface area contributed by atoms with Gasteiger partial charge in [0.2, 0.25) is 0 Å². The maximum absolute atomic E-state index is 13.4. The van der Waals surface area contributed by atoms with E-state index in [9.17, 15) is 4.79 Å². The van der Waals surface area contributed by atoms with E-state index in [-0.39, 0.29) is 11.9 Å². The van der Waals surface area contributed by atoms with Crippen LogP contribution in [0.4, 0.5) is 0 Å². The molecule has 0 aliphatic heterocycles. The highest BCUT2D eigenvalue weighted by atomic mass is 32.1. The molecule has 1 atom stereocenters. The number of nitrogens with zero attached hydrogens (tertiary/aromatic N) is 4. The molecule has 0 fully saturated rings. The Labute approximate surface area is 157 Å². The molecule has 0 unspecified atom stereocenters. The predicted octanol–water partition coefficient (Wildman–Crippen LogP) is 3.91. The Balaban J connectivity index is 1.73. The van der Waals surface area contributed by atoms with Gasteiger partial charge in [-0.3, -0.25) is 9.48 Å². The molecule has 1 aromatic carbocycles. The number of hydrogen-bond acceptors (Lipinski definition) is 4. The van der Waals surface area contributed by atoms with E-state index in [2.05, 4.69) is 34.3 Å². The lowest BCUT2D eigenvalue weighted by molar-refractivity contribution is 0.0631. The summed E-state index contributed by atoms with van der Waals surface area (Å²) in [6, 6.07) is 10.4. The summed E-state index contributed by atoms with van der Waals surface area (Å²) in [6.45, 7) is 2.48. The molecule has 0 radical (unpaired) electrons. The molecule has 4 rings (SSSR count). The Morgan fingerprint density at radius 1 is 1.38 bits per heavy atom. The summed E-state index contributed by atoms with van der Waals surface area (Å²) < 4.78 is 1.75. The number of fused-ring (bicyclic) bond motifs is 1. The van der Waals surface area contributed by atoms with Gasteiger partial charge in [0, 0.05) is 24.3 Å². The highest BCUT2D eigenvalue weighted by Gasteiger charge is 2.31.